The molecule has 5 heteroatoms. The minimum atomic E-state index is -0.0417. The first-order chi connectivity index (χ1) is 16.2. The van der Waals surface area contributed by atoms with Crippen LogP contribution < -0.4 is 5.73 Å². The van der Waals surface area contributed by atoms with Gasteiger partial charge in [-0.15, -0.1) is 0 Å². The van der Waals surface area contributed by atoms with E-state index in [1.165, 1.54) is 11.1 Å². The number of carbonyl (C=O) groups excluding carboxylic acids is 1. The second-order valence-electron chi connectivity index (χ2n) is 9.41. The van der Waals surface area contributed by atoms with E-state index in [2.05, 4.69) is 43.1 Å². The Labute approximate surface area is 213 Å². The molecular weight excluding hydrogens is 436 g/mol. The summed E-state index contributed by atoms with van der Waals surface area (Å²) in [7, 11) is 0. The third-order valence-electron chi connectivity index (χ3n) is 5.65. The second kappa shape index (κ2) is 18.8. The Bertz CT molecular complexity index is 820. The first-order valence-corrected chi connectivity index (χ1v) is 12.4. The monoisotopic (exact) mass is 484 g/mol. The number of carbonyl (C=O) groups is 1. The molecule has 0 amide bonds. The molecule has 3 rings (SSSR count). The van der Waals surface area contributed by atoms with Crippen LogP contribution >= 0.6 is 0 Å². The van der Waals surface area contributed by atoms with Crippen LogP contribution in [0.25, 0.3) is 0 Å². The normalized spacial score (nSPS) is 15.0. The number of Topliss-reactive ketones (excluding diaryl/α,β-unsaturated/α-hetero) is 1. The second-order valence-corrected chi connectivity index (χ2v) is 9.41. The smallest absolute Gasteiger partial charge is 0.183 e. The highest BCUT2D eigenvalue weighted by Crippen LogP contribution is 2.16. The predicted octanol–water partition coefficient (Wildman–Crippen LogP) is 5.88. The maximum atomic E-state index is 10.6. The van der Waals surface area contributed by atoms with Gasteiger partial charge in [0.15, 0.2) is 5.90 Å². The summed E-state index contributed by atoms with van der Waals surface area (Å²) in [6, 6.07) is 20.9. The molecule has 0 bridgehead atoms. The van der Waals surface area contributed by atoms with Crippen LogP contribution in [0.4, 0.5) is 0 Å². The fourth-order valence-corrected chi connectivity index (χ4v) is 2.99. The Morgan fingerprint density at radius 3 is 1.86 bits per heavy atom. The van der Waals surface area contributed by atoms with E-state index in [-0.39, 0.29) is 25.9 Å². The fourth-order valence-electron chi connectivity index (χ4n) is 2.99. The summed E-state index contributed by atoms with van der Waals surface area (Å²) in [6.07, 6.45) is 3.47. The number of aliphatic hydroxyl groups is 1. The quantitative estimate of drug-likeness (QED) is 0.465. The molecule has 2 aromatic carbocycles. The number of nitrogens with zero attached hydrogens (tertiary/aromatic N) is 1. The van der Waals surface area contributed by atoms with E-state index in [0.717, 1.165) is 31.8 Å². The molecule has 196 valence electrons. The SMILES string of the molecule is C.CC(=O)CCc1ccccc1.CC(C)[C@H](N)CO.CC(C)[C@H]1COC(CCc2ccccc2)=N1. The number of benzene rings is 2. The molecule has 0 fully saturated rings. The number of ether oxygens (including phenoxy) is 1. The Balaban J connectivity index is 0.000000533. The summed E-state index contributed by atoms with van der Waals surface area (Å²) in [5.41, 5.74) is 7.95. The molecule has 35 heavy (non-hydrogen) atoms. The molecule has 2 aromatic rings. The van der Waals surface area contributed by atoms with Crippen molar-refractivity contribution in [3.05, 3.63) is 71.8 Å². The van der Waals surface area contributed by atoms with Gasteiger partial charge in [0.2, 0.25) is 0 Å². The Morgan fingerprint density at radius 2 is 1.49 bits per heavy atom. The first kappa shape index (κ1) is 32.5. The molecule has 2 atom stereocenters. The third kappa shape index (κ3) is 15.2. The summed E-state index contributed by atoms with van der Waals surface area (Å²) in [5, 5.41) is 8.38. The van der Waals surface area contributed by atoms with Gasteiger partial charge in [-0.05, 0) is 42.7 Å². The van der Waals surface area contributed by atoms with E-state index >= 15 is 0 Å². The third-order valence-corrected chi connectivity index (χ3v) is 5.65. The number of aliphatic hydroxyl groups excluding tert-OH is 1. The summed E-state index contributed by atoms with van der Waals surface area (Å²) in [4.78, 5) is 15.2. The van der Waals surface area contributed by atoms with E-state index in [1.807, 2.05) is 50.2 Å². The van der Waals surface area contributed by atoms with Crippen molar-refractivity contribution in [2.75, 3.05) is 13.2 Å². The molecule has 1 heterocycles. The molecule has 0 aliphatic carbocycles. The van der Waals surface area contributed by atoms with Crippen LogP contribution in [0.2, 0.25) is 0 Å². The van der Waals surface area contributed by atoms with Gasteiger partial charge in [-0.1, -0.05) is 95.8 Å². The molecule has 5 nitrogen and oxygen atoms in total. The zero-order valence-corrected chi connectivity index (χ0v) is 21.6. The van der Waals surface area contributed by atoms with Crippen LogP contribution in [0.15, 0.2) is 65.7 Å². The maximum Gasteiger partial charge on any atom is 0.183 e. The van der Waals surface area contributed by atoms with Gasteiger partial charge in [0.05, 0.1) is 12.6 Å². The van der Waals surface area contributed by atoms with Crippen LogP contribution in [-0.2, 0) is 22.4 Å². The summed E-state index contributed by atoms with van der Waals surface area (Å²) in [5.74, 6) is 2.16. The van der Waals surface area contributed by atoms with Crippen LogP contribution in [0, 0.1) is 11.8 Å². The van der Waals surface area contributed by atoms with Gasteiger partial charge in [0.1, 0.15) is 12.4 Å². The first-order valence-electron chi connectivity index (χ1n) is 12.4. The molecule has 0 aromatic heterocycles. The van der Waals surface area contributed by atoms with Gasteiger partial charge in [-0.3, -0.25) is 0 Å². The zero-order chi connectivity index (χ0) is 25.3. The molecule has 0 saturated carbocycles. The Kier molecular flexibility index (Phi) is 17.4. The van der Waals surface area contributed by atoms with E-state index in [1.54, 1.807) is 6.92 Å². The van der Waals surface area contributed by atoms with E-state index in [9.17, 15) is 4.79 Å². The molecule has 1 aliphatic heterocycles. The number of hydrogen-bond acceptors (Lipinski definition) is 5. The van der Waals surface area contributed by atoms with E-state index < -0.39 is 0 Å². The molecule has 0 radical (unpaired) electrons. The van der Waals surface area contributed by atoms with Crippen molar-refractivity contribution in [1.29, 1.82) is 0 Å². The fraction of sp³-hybridized carbons (Fsp3) is 0.533. The van der Waals surface area contributed by atoms with E-state index in [4.69, 9.17) is 15.6 Å². The van der Waals surface area contributed by atoms with Crippen LogP contribution in [0.3, 0.4) is 0 Å². The molecule has 0 spiro atoms. The molecule has 0 saturated heterocycles. The number of ketones is 1. The largest absolute Gasteiger partial charge is 0.479 e. The molecular formula is C30H48N2O3. The number of aryl methyl sites for hydroxylation is 2. The van der Waals surface area contributed by atoms with Gasteiger partial charge in [-0.2, -0.15) is 0 Å². The van der Waals surface area contributed by atoms with Crippen molar-refractivity contribution in [3.8, 4) is 0 Å². The van der Waals surface area contributed by atoms with Crippen molar-refractivity contribution >= 4 is 11.7 Å². The Hall–Kier alpha value is -2.50. The average molecular weight is 485 g/mol. The lowest BCUT2D eigenvalue weighted by atomic mass is 10.1. The molecule has 0 unspecified atom stereocenters. The average Bonchev–Trinajstić information content (AvgIpc) is 3.32. The topological polar surface area (TPSA) is 84.9 Å². The van der Waals surface area contributed by atoms with Crippen molar-refractivity contribution in [2.24, 2.45) is 22.6 Å². The van der Waals surface area contributed by atoms with Crippen molar-refractivity contribution in [3.63, 3.8) is 0 Å². The minimum Gasteiger partial charge on any atom is -0.479 e. The summed E-state index contributed by atoms with van der Waals surface area (Å²) < 4.78 is 5.60. The molecule has 1 aliphatic rings. The highest BCUT2D eigenvalue weighted by Gasteiger charge is 2.21. The summed E-state index contributed by atoms with van der Waals surface area (Å²) in [6.45, 7) is 10.8. The van der Waals surface area contributed by atoms with Crippen LogP contribution in [-0.4, -0.2) is 42.1 Å². The van der Waals surface area contributed by atoms with Gasteiger partial charge in [0, 0.05) is 18.9 Å². The van der Waals surface area contributed by atoms with Crippen LogP contribution in [0.1, 0.15) is 66.0 Å². The van der Waals surface area contributed by atoms with Gasteiger partial charge in [0.25, 0.3) is 0 Å². The Morgan fingerprint density at radius 1 is 0.971 bits per heavy atom. The maximum absolute atomic E-state index is 10.6. The van der Waals surface area contributed by atoms with Gasteiger partial charge in [-0.25, -0.2) is 4.99 Å². The lowest BCUT2D eigenvalue weighted by Crippen LogP contribution is -2.29. The number of rotatable bonds is 9. The number of hydrogen-bond donors (Lipinski definition) is 2. The van der Waals surface area contributed by atoms with Crippen LogP contribution in [0.5, 0.6) is 0 Å². The van der Waals surface area contributed by atoms with Crippen molar-refractivity contribution in [2.45, 2.75) is 79.8 Å². The lowest BCUT2D eigenvalue weighted by Gasteiger charge is -2.10. The highest BCUT2D eigenvalue weighted by molar-refractivity contribution is 5.78. The minimum absolute atomic E-state index is 0. The van der Waals surface area contributed by atoms with Crippen molar-refractivity contribution in [1.82, 2.24) is 0 Å². The summed E-state index contributed by atoms with van der Waals surface area (Å²) >= 11 is 0. The highest BCUT2D eigenvalue weighted by atomic mass is 16.5. The predicted molar refractivity (Wildman–Crippen MR) is 149 cm³/mol. The number of nitrogens with two attached hydrogens (primary N) is 1. The van der Waals surface area contributed by atoms with Crippen molar-refractivity contribution < 1.29 is 14.6 Å². The zero-order valence-electron chi connectivity index (χ0n) is 21.6. The lowest BCUT2D eigenvalue weighted by molar-refractivity contribution is -0.116. The van der Waals surface area contributed by atoms with Gasteiger partial charge >= 0.3 is 0 Å². The van der Waals surface area contributed by atoms with E-state index in [0.29, 0.717) is 24.3 Å². The molecule has 3 N–H and O–H groups in total. The number of aliphatic imine (C=N–C) groups is 1. The van der Waals surface area contributed by atoms with Gasteiger partial charge < -0.3 is 20.4 Å². The standard InChI is InChI=1S/C14H19NO.C10H12O.C5H13NO.CH4/c1-11(2)13-10-16-14(15-13)9-8-12-6-4-3-5-7-12;1-9(11)7-8-10-5-3-2-4-6-10;1-4(2)5(6)3-7;/h3-7,11,13H,8-10H2,1-2H3;2-6H,7-8H2,1H3;4-5,7H,3,6H2,1-2H3;1H4/t13-;;5-;/m1.1./s1.